The molecule has 1 aromatic carbocycles. The van der Waals surface area contributed by atoms with Crippen molar-refractivity contribution in [1.29, 1.82) is 0 Å². The fraction of sp³-hybridized carbons (Fsp3) is 0.412. The number of allylic oxidation sites excluding steroid dienone is 2. The lowest BCUT2D eigenvalue weighted by Crippen LogP contribution is -2.31. The van der Waals surface area contributed by atoms with Crippen LogP contribution in [0, 0.1) is 17.8 Å². The van der Waals surface area contributed by atoms with Crippen LogP contribution in [0.15, 0.2) is 36.4 Å². The van der Waals surface area contributed by atoms with E-state index in [-0.39, 0.29) is 29.6 Å². The SMILES string of the molecule is CCOc1ccc(N2C(=O)[C@H]3[C@H](C)C=CC[C@H]3C2=O)cc1. The van der Waals surface area contributed by atoms with Crippen LogP contribution in [0.25, 0.3) is 0 Å². The summed E-state index contributed by atoms with van der Waals surface area (Å²) in [5.74, 6) is 0.287. The molecule has 0 aromatic heterocycles. The van der Waals surface area contributed by atoms with Gasteiger partial charge in [-0.1, -0.05) is 19.1 Å². The highest BCUT2D eigenvalue weighted by molar-refractivity contribution is 6.22. The molecule has 1 aliphatic heterocycles. The Labute approximate surface area is 124 Å². The Bertz CT molecular complexity index is 591. The van der Waals surface area contributed by atoms with Gasteiger partial charge in [0.15, 0.2) is 0 Å². The van der Waals surface area contributed by atoms with Crippen molar-refractivity contribution in [3.05, 3.63) is 36.4 Å². The molecule has 1 aliphatic carbocycles. The van der Waals surface area contributed by atoms with Crippen molar-refractivity contribution in [2.45, 2.75) is 20.3 Å². The van der Waals surface area contributed by atoms with E-state index >= 15 is 0 Å². The maximum atomic E-state index is 12.6. The molecule has 4 nitrogen and oxygen atoms in total. The minimum atomic E-state index is -0.214. The molecule has 0 saturated carbocycles. The molecule has 0 unspecified atom stereocenters. The second-order valence-electron chi connectivity index (χ2n) is 5.59. The highest BCUT2D eigenvalue weighted by Crippen LogP contribution is 2.40. The predicted molar refractivity (Wildman–Crippen MR) is 80.0 cm³/mol. The van der Waals surface area contributed by atoms with Crippen LogP contribution in [0.3, 0.4) is 0 Å². The Kier molecular flexibility index (Phi) is 3.53. The van der Waals surface area contributed by atoms with Gasteiger partial charge in [-0.05, 0) is 43.5 Å². The molecule has 0 radical (unpaired) electrons. The molecule has 2 amide bonds. The summed E-state index contributed by atoms with van der Waals surface area (Å²) in [6.07, 6.45) is 4.71. The van der Waals surface area contributed by atoms with Gasteiger partial charge in [0.2, 0.25) is 11.8 Å². The summed E-state index contributed by atoms with van der Waals surface area (Å²) >= 11 is 0. The fourth-order valence-electron chi connectivity index (χ4n) is 3.26. The maximum absolute atomic E-state index is 12.6. The molecular weight excluding hydrogens is 266 g/mol. The van der Waals surface area contributed by atoms with Crippen LogP contribution in [-0.4, -0.2) is 18.4 Å². The largest absolute Gasteiger partial charge is 0.494 e. The van der Waals surface area contributed by atoms with Crippen molar-refractivity contribution in [3.8, 4) is 5.75 Å². The lowest BCUT2D eigenvalue weighted by molar-refractivity contribution is -0.122. The van der Waals surface area contributed by atoms with E-state index in [9.17, 15) is 9.59 Å². The van der Waals surface area contributed by atoms with E-state index in [2.05, 4.69) is 0 Å². The summed E-state index contributed by atoms with van der Waals surface area (Å²) in [7, 11) is 0. The van der Waals surface area contributed by atoms with Crippen LogP contribution in [0.1, 0.15) is 20.3 Å². The summed E-state index contributed by atoms with van der Waals surface area (Å²) in [5.41, 5.74) is 0.634. The highest BCUT2D eigenvalue weighted by atomic mass is 16.5. The fourth-order valence-corrected chi connectivity index (χ4v) is 3.26. The average Bonchev–Trinajstić information content (AvgIpc) is 2.74. The third-order valence-electron chi connectivity index (χ3n) is 4.28. The molecular formula is C17H19NO3. The molecule has 4 heteroatoms. The molecule has 110 valence electrons. The monoisotopic (exact) mass is 285 g/mol. The first-order chi connectivity index (χ1) is 10.1. The lowest BCUT2D eigenvalue weighted by atomic mass is 9.78. The minimum absolute atomic E-state index is 0.0778. The van der Waals surface area contributed by atoms with Crippen LogP contribution in [0.4, 0.5) is 5.69 Å². The van der Waals surface area contributed by atoms with Crippen molar-refractivity contribution in [3.63, 3.8) is 0 Å². The summed E-state index contributed by atoms with van der Waals surface area (Å²) in [4.78, 5) is 26.5. The van der Waals surface area contributed by atoms with E-state index in [1.807, 2.05) is 26.0 Å². The van der Waals surface area contributed by atoms with Crippen LogP contribution < -0.4 is 9.64 Å². The van der Waals surface area contributed by atoms with Gasteiger partial charge in [-0.15, -0.1) is 0 Å². The quantitative estimate of drug-likeness (QED) is 0.633. The lowest BCUT2D eigenvalue weighted by Gasteiger charge is -2.22. The maximum Gasteiger partial charge on any atom is 0.238 e. The van der Waals surface area contributed by atoms with E-state index < -0.39 is 0 Å². The Morgan fingerprint density at radius 3 is 2.52 bits per heavy atom. The first-order valence-corrected chi connectivity index (χ1v) is 7.40. The Morgan fingerprint density at radius 2 is 1.90 bits per heavy atom. The molecule has 0 spiro atoms. The number of carbonyl (C=O) groups is 2. The van der Waals surface area contributed by atoms with Gasteiger partial charge in [0, 0.05) is 0 Å². The van der Waals surface area contributed by atoms with E-state index in [0.717, 1.165) is 5.75 Å². The van der Waals surface area contributed by atoms with Gasteiger partial charge in [0.1, 0.15) is 5.75 Å². The standard InChI is InChI=1S/C17H19NO3/c1-3-21-13-9-7-12(8-10-13)18-16(19)14-6-4-5-11(2)15(14)17(18)20/h4-5,7-11,14-15H,3,6H2,1-2H3/t11-,14-,15+/m1/s1. The number of anilines is 1. The van der Waals surface area contributed by atoms with Crippen LogP contribution in [-0.2, 0) is 9.59 Å². The molecule has 2 aliphatic rings. The van der Waals surface area contributed by atoms with Crippen LogP contribution >= 0.6 is 0 Å². The topological polar surface area (TPSA) is 46.6 Å². The molecule has 1 saturated heterocycles. The minimum Gasteiger partial charge on any atom is -0.494 e. The van der Waals surface area contributed by atoms with Crippen molar-refractivity contribution in [2.24, 2.45) is 17.8 Å². The zero-order valence-electron chi connectivity index (χ0n) is 12.3. The molecule has 0 N–H and O–H groups in total. The normalized spacial score (nSPS) is 27.9. The highest BCUT2D eigenvalue weighted by Gasteiger charge is 2.50. The predicted octanol–water partition coefficient (Wildman–Crippen LogP) is 2.79. The number of amides is 2. The Balaban J connectivity index is 1.89. The van der Waals surface area contributed by atoms with Crippen molar-refractivity contribution < 1.29 is 14.3 Å². The van der Waals surface area contributed by atoms with Crippen LogP contribution in [0.5, 0.6) is 5.75 Å². The number of carbonyl (C=O) groups excluding carboxylic acids is 2. The molecule has 3 atom stereocenters. The first kappa shape index (κ1) is 13.9. The second kappa shape index (κ2) is 5.35. The van der Waals surface area contributed by atoms with Gasteiger partial charge in [-0.2, -0.15) is 0 Å². The van der Waals surface area contributed by atoms with Gasteiger partial charge < -0.3 is 4.74 Å². The first-order valence-electron chi connectivity index (χ1n) is 7.40. The smallest absolute Gasteiger partial charge is 0.238 e. The van der Waals surface area contributed by atoms with E-state index in [0.29, 0.717) is 18.7 Å². The molecule has 1 heterocycles. The van der Waals surface area contributed by atoms with E-state index in [1.165, 1.54) is 4.90 Å². The number of hydrogen-bond donors (Lipinski definition) is 0. The summed E-state index contributed by atoms with van der Waals surface area (Å²) in [5, 5.41) is 0. The summed E-state index contributed by atoms with van der Waals surface area (Å²) < 4.78 is 5.39. The van der Waals surface area contributed by atoms with Crippen molar-refractivity contribution >= 4 is 17.5 Å². The van der Waals surface area contributed by atoms with Crippen LogP contribution in [0.2, 0.25) is 0 Å². The number of rotatable bonds is 3. The van der Waals surface area contributed by atoms with Gasteiger partial charge in [-0.25, -0.2) is 0 Å². The van der Waals surface area contributed by atoms with E-state index in [1.54, 1.807) is 24.3 Å². The van der Waals surface area contributed by atoms with Gasteiger partial charge in [0.25, 0.3) is 0 Å². The average molecular weight is 285 g/mol. The molecule has 1 aromatic rings. The number of hydrogen-bond acceptors (Lipinski definition) is 3. The zero-order valence-corrected chi connectivity index (χ0v) is 12.3. The number of fused-ring (bicyclic) bond motifs is 1. The second-order valence-corrected chi connectivity index (χ2v) is 5.59. The third-order valence-corrected chi connectivity index (χ3v) is 4.28. The number of ether oxygens (including phenoxy) is 1. The summed E-state index contributed by atoms with van der Waals surface area (Å²) in [6.45, 7) is 4.51. The summed E-state index contributed by atoms with van der Waals surface area (Å²) in [6, 6.07) is 7.14. The third kappa shape index (κ3) is 2.24. The van der Waals surface area contributed by atoms with E-state index in [4.69, 9.17) is 4.74 Å². The number of imide groups is 1. The molecule has 21 heavy (non-hydrogen) atoms. The van der Waals surface area contributed by atoms with Gasteiger partial charge in [-0.3, -0.25) is 14.5 Å². The van der Waals surface area contributed by atoms with Gasteiger partial charge >= 0.3 is 0 Å². The van der Waals surface area contributed by atoms with Gasteiger partial charge in [0.05, 0.1) is 24.1 Å². The Hall–Kier alpha value is -2.10. The van der Waals surface area contributed by atoms with Crippen molar-refractivity contribution in [2.75, 3.05) is 11.5 Å². The van der Waals surface area contributed by atoms with Crippen molar-refractivity contribution in [1.82, 2.24) is 0 Å². The zero-order chi connectivity index (χ0) is 15.0. The molecule has 0 bridgehead atoms. The number of benzene rings is 1. The molecule has 3 rings (SSSR count). The Morgan fingerprint density at radius 1 is 1.19 bits per heavy atom. The number of nitrogens with zero attached hydrogens (tertiary/aromatic N) is 1. The molecule has 1 fully saturated rings.